The Morgan fingerprint density at radius 3 is 2.76 bits per heavy atom. The van der Waals surface area contributed by atoms with E-state index >= 15 is 0 Å². The fraction of sp³-hybridized carbons (Fsp3) is 0.222. The third kappa shape index (κ3) is 2.83. The predicted molar refractivity (Wildman–Crippen MR) is 69.9 cm³/mol. The third-order valence-corrected chi connectivity index (χ3v) is 5.89. The summed E-state index contributed by atoms with van der Waals surface area (Å²) in [6.45, 7) is 2.16. The van der Waals surface area contributed by atoms with Crippen molar-refractivity contribution in [3.8, 4) is 0 Å². The maximum Gasteiger partial charge on any atom is 0.273 e. The van der Waals surface area contributed by atoms with Gasteiger partial charge in [-0.25, -0.2) is 13.4 Å². The van der Waals surface area contributed by atoms with E-state index in [1.807, 2.05) is 6.92 Å². The Balaban J connectivity index is 2.24. The Hall–Kier alpha value is -0.960. The first kappa shape index (κ1) is 12.5. The van der Waals surface area contributed by atoms with Gasteiger partial charge in [0.25, 0.3) is 10.0 Å². The molecule has 8 heteroatoms. The second-order valence-corrected chi connectivity index (χ2v) is 7.26. The van der Waals surface area contributed by atoms with Gasteiger partial charge in [-0.1, -0.05) is 0 Å². The van der Waals surface area contributed by atoms with E-state index in [1.165, 1.54) is 22.7 Å². The van der Waals surface area contributed by atoms with E-state index in [0.717, 1.165) is 10.6 Å². The van der Waals surface area contributed by atoms with Crippen LogP contribution < -0.4 is 10.5 Å². The SMILES string of the molecule is Cc1csc(NS(=O)(=O)c2ccc(CN)s2)n1. The molecular weight excluding hydrogens is 278 g/mol. The number of anilines is 1. The molecule has 2 rings (SSSR count). The van der Waals surface area contributed by atoms with Crippen LogP contribution in [0.5, 0.6) is 0 Å². The summed E-state index contributed by atoms with van der Waals surface area (Å²) in [5.74, 6) is 0. The highest BCUT2D eigenvalue weighted by Crippen LogP contribution is 2.25. The van der Waals surface area contributed by atoms with E-state index in [2.05, 4.69) is 9.71 Å². The number of thiazole rings is 1. The molecule has 2 heterocycles. The Bertz CT molecular complexity index is 615. The van der Waals surface area contributed by atoms with E-state index in [4.69, 9.17) is 5.73 Å². The van der Waals surface area contributed by atoms with Crippen molar-refractivity contribution in [2.75, 3.05) is 4.72 Å². The van der Waals surface area contributed by atoms with Gasteiger partial charge in [0.1, 0.15) is 4.21 Å². The zero-order valence-electron chi connectivity index (χ0n) is 9.00. The van der Waals surface area contributed by atoms with Crippen molar-refractivity contribution in [2.45, 2.75) is 17.7 Å². The molecule has 0 radical (unpaired) electrons. The van der Waals surface area contributed by atoms with Crippen LogP contribution in [0.1, 0.15) is 10.6 Å². The van der Waals surface area contributed by atoms with Crippen LogP contribution in [0.4, 0.5) is 5.13 Å². The molecule has 92 valence electrons. The molecule has 17 heavy (non-hydrogen) atoms. The van der Waals surface area contributed by atoms with Crippen molar-refractivity contribution in [1.29, 1.82) is 0 Å². The van der Waals surface area contributed by atoms with Gasteiger partial charge >= 0.3 is 0 Å². The van der Waals surface area contributed by atoms with Crippen molar-refractivity contribution in [3.63, 3.8) is 0 Å². The maximum atomic E-state index is 12.0. The molecule has 3 N–H and O–H groups in total. The number of hydrogen-bond acceptors (Lipinski definition) is 6. The van der Waals surface area contributed by atoms with Crippen LogP contribution in [0.2, 0.25) is 0 Å². The van der Waals surface area contributed by atoms with Crippen LogP contribution in [0.15, 0.2) is 21.7 Å². The molecule has 0 aliphatic carbocycles. The van der Waals surface area contributed by atoms with Gasteiger partial charge in [0.05, 0.1) is 5.69 Å². The predicted octanol–water partition coefficient (Wildman–Crippen LogP) is 1.77. The van der Waals surface area contributed by atoms with Crippen molar-refractivity contribution >= 4 is 37.8 Å². The van der Waals surface area contributed by atoms with E-state index < -0.39 is 10.0 Å². The quantitative estimate of drug-likeness (QED) is 0.898. The van der Waals surface area contributed by atoms with E-state index in [0.29, 0.717) is 11.7 Å². The highest BCUT2D eigenvalue weighted by Gasteiger charge is 2.18. The number of sulfonamides is 1. The largest absolute Gasteiger partial charge is 0.326 e. The summed E-state index contributed by atoms with van der Waals surface area (Å²) in [4.78, 5) is 4.89. The summed E-state index contributed by atoms with van der Waals surface area (Å²) in [6, 6.07) is 3.27. The molecule has 2 aromatic rings. The van der Waals surface area contributed by atoms with Crippen LogP contribution in [-0.2, 0) is 16.6 Å². The van der Waals surface area contributed by atoms with Gasteiger partial charge in [-0.05, 0) is 19.1 Å². The van der Waals surface area contributed by atoms with E-state index in [-0.39, 0.29) is 4.21 Å². The second kappa shape index (κ2) is 4.73. The van der Waals surface area contributed by atoms with Gasteiger partial charge in [0.15, 0.2) is 5.13 Å². The minimum absolute atomic E-state index is 0.255. The molecule has 0 saturated heterocycles. The molecule has 2 aromatic heterocycles. The molecule has 0 aromatic carbocycles. The number of rotatable bonds is 4. The average Bonchev–Trinajstić information content (AvgIpc) is 2.86. The van der Waals surface area contributed by atoms with Crippen LogP contribution in [0.25, 0.3) is 0 Å². The monoisotopic (exact) mass is 289 g/mol. The molecule has 0 aliphatic rings. The zero-order chi connectivity index (χ0) is 12.5. The summed E-state index contributed by atoms with van der Waals surface area (Å²) in [5.41, 5.74) is 6.24. The molecule has 0 fully saturated rings. The number of thiophene rings is 1. The highest BCUT2D eigenvalue weighted by molar-refractivity contribution is 7.94. The zero-order valence-corrected chi connectivity index (χ0v) is 11.5. The summed E-state index contributed by atoms with van der Waals surface area (Å²) in [6.07, 6.45) is 0. The Morgan fingerprint density at radius 1 is 1.47 bits per heavy atom. The lowest BCUT2D eigenvalue weighted by atomic mass is 10.5. The lowest BCUT2D eigenvalue weighted by molar-refractivity contribution is 0.603. The first-order chi connectivity index (χ1) is 8.01. The van der Waals surface area contributed by atoms with Gasteiger partial charge in [-0.15, -0.1) is 22.7 Å². The van der Waals surface area contributed by atoms with Gasteiger partial charge in [0.2, 0.25) is 0 Å². The van der Waals surface area contributed by atoms with E-state index in [1.54, 1.807) is 17.5 Å². The van der Waals surface area contributed by atoms with Crippen LogP contribution in [-0.4, -0.2) is 13.4 Å². The van der Waals surface area contributed by atoms with Gasteiger partial charge in [-0.2, -0.15) is 0 Å². The van der Waals surface area contributed by atoms with Crippen LogP contribution in [0, 0.1) is 6.92 Å². The average molecular weight is 289 g/mol. The van der Waals surface area contributed by atoms with Crippen molar-refractivity contribution in [2.24, 2.45) is 5.73 Å². The molecule has 0 bridgehead atoms. The molecule has 0 saturated carbocycles. The molecular formula is C9H11N3O2S3. The topological polar surface area (TPSA) is 85.1 Å². The summed E-state index contributed by atoms with van der Waals surface area (Å²) < 4.78 is 26.6. The minimum Gasteiger partial charge on any atom is -0.326 e. The van der Waals surface area contributed by atoms with Crippen LogP contribution in [0.3, 0.4) is 0 Å². The Morgan fingerprint density at radius 2 is 2.24 bits per heavy atom. The molecule has 0 aliphatic heterocycles. The molecule has 0 amide bonds. The first-order valence-corrected chi connectivity index (χ1v) is 7.93. The fourth-order valence-corrected chi connectivity index (χ4v) is 4.35. The maximum absolute atomic E-state index is 12.0. The number of hydrogen-bond donors (Lipinski definition) is 2. The van der Waals surface area contributed by atoms with Gasteiger partial charge < -0.3 is 5.73 Å². The van der Waals surface area contributed by atoms with E-state index in [9.17, 15) is 8.42 Å². The smallest absolute Gasteiger partial charge is 0.273 e. The molecule has 0 atom stereocenters. The molecule has 5 nitrogen and oxygen atoms in total. The lowest BCUT2D eigenvalue weighted by Gasteiger charge is -2.01. The number of aryl methyl sites for hydroxylation is 1. The third-order valence-electron chi connectivity index (χ3n) is 1.94. The summed E-state index contributed by atoms with van der Waals surface area (Å²) in [7, 11) is -3.53. The van der Waals surface area contributed by atoms with Crippen LogP contribution >= 0.6 is 22.7 Å². The van der Waals surface area contributed by atoms with Crippen molar-refractivity contribution in [1.82, 2.24) is 4.98 Å². The normalized spacial score (nSPS) is 11.6. The van der Waals surface area contributed by atoms with Gasteiger partial charge in [0, 0.05) is 16.8 Å². The molecule has 0 unspecified atom stereocenters. The number of nitrogens with two attached hydrogens (primary N) is 1. The first-order valence-electron chi connectivity index (χ1n) is 4.75. The summed E-state index contributed by atoms with van der Waals surface area (Å²) in [5, 5.41) is 2.17. The fourth-order valence-electron chi connectivity index (χ4n) is 1.18. The lowest BCUT2D eigenvalue weighted by Crippen LogP contribution is -2.11. The highest BCUT2D eigenvalue weighted by atomic mass is 32.2. The minimum atomic E-state index is -3.53. The number of nitrogens with zero attached hydrogens (tertiary/aromatic N) is 1. The standard InChI is InChI=1S/C9H11N3O2S3/c1-6-5-15-9(11-6)12-17(13,14)8-3-2-7(4-10)16-8/h2-3,5H,4,10H2,1H3,(H,11,12). The summed E-state index contributed by atoms with van der Waals surface area (Å²) >= 11 is 2.43. The van der Waals surface area contributed by atoms with Crippen molar-refractivity contribution < 1.29 is 8.42 Å². The Labute approximate surface area is 107 Å². The number of nitrogens with one attached hydrogen (secondary N) is 1. The van der Waals surface area contributed by atoms with Gasteiger partial charge in [-0.3, -0.25) is 4.72 Å². The molecule has 0 spiro atoms. The Kier molecular flexibility index (Phi) is 3.48. The van der Waals surface area contributed by atoms with Crippen molar-refractivity contribution in [3.05, 3.63) is 28.1 Å². The second-order valence-electron chi connectivity index (χ2n) is 3.32. The number of aromatic nitrogens is 1.